The number of ketones is 1. The van der Waals surface area contributed by atoms with Crippen LogP contribution in [-0.4, -0.2) is 42.0 Å². The Morgan fingerprint density at radius 1 is 1.25 bits per heavy atom. The first-order valence-corrected chi connectivity index (χ1v) is 15.1. The van der Waals surface area contributed by atoms with Crippen LogP contribution in [0.25, 0.3) is 6.08 Å². The van der Waals surface area contributed by atoms with Crippen LogP contribution < -0.4 is 5.32 Å². The van der Waals surface area contributed by atoms with Crippen molar-refractivity contribution in [2.24, 2.45) is 0 Å². The maximum atomic E-state index is 13.5. The van der Waals surface area contributed by atoms with Crippen LogP contribution in [0.3, 0.4) is 0 Å². The lowest BCUT2D eigenvalue weighted by atomic mass is 9.78. The molecule has 0 aromatic heterocycles. The third kappa shape index (κ3) is 3.18. The molecular formula is C25H30N2O4Si. The van der Waals surface area contributed by atoms with Crippen molar-refractivity contribution >= 4 is 25.9 Å². The molecule has 1 atom stereocenters. The predicted octanol–water partition coefficient (Wildman–Crippen LogP) is 3.46. The van der Waals surface area contributed by atoms with Gasteiger partial charge in [-0.3, -0.25) is 4.79 Å². The van der Waals surface area contributed by atoms with E-state index < -0.39 is 19.6 Å². The van der Waals surface area contributed by atoms with Gasteiger partial charge in [0.15, 0.2) is 5.60 Å². The largest absolute Gasteiger partial charge is 0.458 e. The van der Waals surface area contributed by atoms with Gasteiger partial charge in [-0.05, 0) is 41.2 Å². The normalized spacial score (nSPS) is 24.4. The van der Waals surface area contributed by atoms with Gasteiger partial charge in [-0.1, -0.05) is 50.8 Å². The molecule has 1 aromatic carbocycles. The summed E-state index contributed by atoms with van der Waals surface area (Å²) in [6, 6.07) is 7.68. The fourth-order valence-corrected chi connectivity index (χ4v) is 6.13. The number of benzene rings is 1. The molecule has 168 valence electrons. The molecule has 7 heteroatoms. The Morgan fingerprint density at radius 2 is 2.03 bits per heavy atom. The lowest BCUT2D eigenvalue weighted by Gasteiger charge is -2.36. The van der Waals surface area contributed by atoms with Crippen LogP contribution in [0.2, 0.25) is 25.7 Å². The van der Waals surface area contributed by atoms with Crippen LogP contribution in [0.1, 0.15) is 36.5 Å². The molecule has 1 aromatic rings. The van der Waals surface area contributed by atoms with Crippen LogP contribution in [0, 0.1) is 0 Å². The molecule has 0 bridgehead atoms. The fourth-order valence-electron chi connectivity index (χ4n) is 5.11. The lowest BCUT2D eigenvalue weighted by molar-refractivity contribution is -0.163. The van der Waals surface area contributed by atoms with E-state index in [1.165, 1.54) is 22.7 Å². The van der Waals surface area contributed by atoms with E-state index in [0.717, 1.165) is 17.9 Å². The second kappa shape index (κ2) is 7.18. The van der Waals surface area contributed by atoms with E-state index in [4.69, 9.17) is 4.74 Å². The van der Waals surface area contributed by atoms with Crippen molar-refractivity contribution in [2.45, 2.75) is 64.0 Å². The number of nitrogens with zero attached hydrogens (tertiary/aromatic N) is 1. The van der Waals surface area contributed by atoms with Gasteiger partial charge in [-0.2, -0.15) is 0 Å². The number of nitrogens with one attached hydrogen (secondary N) is 1. The lowest BCUT2D eigenvalue weighted by Crippen LogP contribution is -2.48. The Hall–Kier alpha value is -2.64. The molecule has 0 amide bonds. The summed E-state index contributed by atoms with van der Waals surface area (Å²) in [7, 11) is -1.17. The number of aryl methyl sites for hydroxylation is 1. The number of esters is 1. The predicted molar refractivity (Wildman–Crippen MR) is 125 cm³/mol. The summed E-state index contributed by atoms with van der Waals surface area (Å²) in [6.07, 6.45) is 3.69. The molecular weight excluding hydrogens is 420 g/mol. The van der Waals surface area contributed by atoms with E-state index in [-0.39, 0.29) is 18.8 Å². The molecule has 0 saturated heterocycles. The molecule has 3 aliphatic heterocycles. The average Bonchev–Trinajstić information content (AvgIpc) is 3.10. The van der Waals surface area contributed by atoms with Crippen molar-refractivity contribution in [1.82, 2.24) is 10.2 Å². The Balaban J connectivity index is 1.49. The first-order valence-electron chi connectivity index (χ1n) is 11.4. The first-order chi connectivity index (χ1) is 15.1. The highest BCUT2D eigenvalue weighted by atomic mass is 28.3. The van der Waals surface area contributed by atoms with Crippen molar-refractivity contribution in [3.05, 3.63) is 63.3 Å². The number of cyclic esters (lactones) is 1. The van der Waals surface area contributed by atoms with Crippen LogP contribution in [-0.2, 0) is 27.3 Å². The Bertz CT molecular complexity index is 1140. The van der Waals surface area contributed by atoms with Crippen LogP contribution >= 0.6 is 0 Å². The maximum absolute atomic E-state index is 13.5. The quantitative estimate of drug-likeness (QED) is 0.540. The van der Waals surface area contributed by atoms with Gasteiger partial charge in [0.1, 0.15) is 18.1 Å². The van der Waals surface area contributed by atoms with E-state index in [1.807, 2.05) is 0 Å². The molecule has 0 spiro atoms. The van der Waals surface area contributed by atoms with Gasteiger partial charge < -0.3 is 20.1 Å². The number of fused-ring (bicyclic) bond motifs is 3. The molecule has 4 aliphatic rings. The number of ether oxygens (including phenoxy) is 1. The molecule has 2 N–H and O–H groups in total. The number of rotatable bonds is 4. The van der Waals surface area contributed by atoms with Crippen LogP contribution in [0.5, 0.6) is 0 Å². The molecule has 0 radical (unpaired) electrons. The topological polar surface area (TPSA) is 78.9 Å². The van der Waals surface area contributed by atoms with E-state index in [1.54, 1.807) is 6.92 Å². The van der Waals surface area contributed by atoms with Gasteiger partial charge in [-0.15, -0.1) is 0 Å². The molecule has 1 unspecified atom stereocenters. The molecule has 32 heavy (non-hydrogen) atoms. The van der Waals surface area contributed by atoms with Crippen molar-refractivity contribution in [1.29, 1.82) is 0 Å². The summed E-state index contributed by atoms with van der Waals surface area (Å²) in [6.45, 7) is 9.48. The van der Waals surface area contributed by atoms with E-state index in [2.05, 4.69) is 54.1 Å². The molecule has 1 aliphatic carbocycles. The van der Waals surface area contributed by atoms with Gasteiger partial charge in [0.2, 0.25) is 5.78 Å². The summed E-state index contributed by atoms with van der Waals surface area (Å²) in [5.74, 6) is 0.0647. The minimum atomic E-state index is -1.73. The highest BCUT2D eigenvalue weighted by Crippen LogP contribution is 2.44. The third-order valence-corrected chi connectivity index (χ3v) is 8.84. The monoisotopic (exact) mass is 450 g/mol. The van der Waals surface area contributed by atoms with E-state index >= 15 is 0 Å². The highest BCUT2D eigenvalue weighted by molar-refractivity contribution is 6.76. The van der Waals surface area contributed by atoms with Gasteiger partial charge in [0.05, 0.1) is 6.54 Å². The fraction of sp³-hybridized carbons (Fsp3) is 0.440. The second-order valence-corrected chi connectivity index (χ2v) is 16.0. The van der Waals surface area contributed by atoms with Gasteiger partial charge in [-0.25, -0.2) is 4.79 Å². The van der Waals surface area contributed by atoms with Crippen molar-refractivity contribution in [3.63, 3.8) is 0 Å². The Kier molecular flexibility index (Phi) is 4.76. The summed E-state index contributed by atoms with van der Waals surface area (Å²) in [5.41, 5.74) is 4.38. The van der Waals surface area contributed by atoms with Gasteiger partial charge >= 0.3 is 5.97 Å². The molecule has 0 saturated carbocycles. The van der Waals surface area contributed by atoms with Crippen molar-refractivity contribution in [2.75, 3.05) is 6.61 Å². The smallest absolute Gasteiger partial charge is 0.342 e. The number of hydrogen-bond donors (Lipinski definition) is 2. The Labute approximate surface area is 189 Å². The third-order valence-electron chi connectivity index (χ3n) is 7.09. The zero-order valence-electron chi connectivity index (χ0n) is 19.2. The number of aliphatic hydroxyl groups is 1. The highest BCUT2D eigenvalue weighted by Gasteiger charge is 2.50. The number of carbonyl (C=O) groups is 2. The summed E-state index contributed by atoms with van der Waals surface area (Å²) in [5, 5.41) is 14.4. The van der Waals surface area contributed by atoms with Crippen molar-refractivity contribution < 1.29 is 19.4 Å². The number of hydrogen-bond acceptors (Lipinski definition) is 6. The number of Topliss-reactive ketones (excluding diaryl/α,β-unsaturated/α-hetero) is 1. The summed E-state index contributed by atoms with van der Waals surface area (Å²) < 4.78 is 5.21. The second-order valence-electron chi connectivity index (χ2n) is 10.4. The summed E-state index contributed by atoms with van der Waals surface area (Å²) >= 11 is 0. The first kappa shape index (κ1) is 21.2. The molecule has 6 nitrogen and oxygen atoms in total. The number of carbonyl (C=O) groups excluding carboxylic acids is 2. The average molecular weight is 451 g/mol. The molecule has 3 heterocycles. The van der Waals surface area contributed by atoms with E-state index in [0.29, 0.717) is 29.8 Å². The van der Waals surface area contributed by atoms with Crippen LogP contribution in [0.4, 0.5) is 0 Å². The zero-order valence-corrected chi connectivity index (χ0v) is 20.2. The van der Waals surface area contributed by atoms with Gasteiger partial charge in [0.25, 0.3) is 0 Å². The molecule has 0 fully saturated rings. The molecule has 5 rings (SSSR count). The minimum Gasteiger partial charge on any atom is -0.458 e. The SMILES string of the molecule is CCC1(O)C(=O)OCC2=C1CC1=C(C2=O)N2Cc3c(cccc3CC[Si](C)(C)C)C=C2N1. The van der Waals surface area contributed by atoms with E-state index in [9.17, 15) is 14.7 Å². The van der Waals surface area contributed by atoms with Crippen molar-refractivity contribution in [3.8, 4) is 0 Å². The summed E-state index contributed by atoms with van der Waals surface area (Å²) in [4.78, 5) is 27.9. The minimum absolute atomic E-state index is 0.0724. The Morgan fingerprint density at radius 3 is 2.75 bits per heavy atom. The van der Waals surface area contributed by atoms with Crippen LogP contribution in [0.15, 0.2) is 46.6 Å². The zero-order chi connectivity index (χ0) is 22.8. The maximum Gasteiger partial charge on any atom is 0.342 e. The van der Waals surface area contributed by atoms with Gasteiger partial charge in [0, 0.05) is 25.8 Å². The number of allylic oxidation sites excluding steroid dienone is 2. The standard InChI is InChI=1S/C25H30N2O4Si/c1-5-25(30)19-12-20-22(23(28)18(19)14-31-24(25)29)27-13-17-15(9-10-32(2,3)4)7-6-8-16(17)11-21(27)26-20/h6-8,11,26,30H,5,9-10,12-14H2,1-4H3.